The molecule has 0 radical (unpaired) electrons. The number of sulfonamides is 1. The molecule has 0 bridgehead atoms. The first kappa shape index (κ1) is 17.5. The van der Waals surface area contributed by atoms with E-state index in [1.807, 2.05) is 13.8 Å². The van der Waals surface area contributed by atoms with E-state index in [1.54, 1.807) is 0 Å². The molecule has 0 saturated heterocycles. The van der Waals surface area contributed by atoms with E-state index in [4.69, 9.17) is 5.11 Å². The summed E-state index contributed by atoms with van der Waals surface area (Å²) in [6.45, 7) is 4.85. The SMILES string of the molecule is CCCCNc1ccc(C(=O)O)cc1S(=O)(=O)NCCC. The Hall–Kier alpha value is -1.60. The highest BCUT2D eigenvalue weighted by Crippen LogP contribution is 2.23. The second-order valence-electron chi connectivity index (χ2n) is 4.69. The Balaban J connectivity index is 3.16. The Morgan fingerprint density at radius 1 is 1.19 bits per heavy atom. The van der Waals surface area contributed by atoms with E-state index in [0.717, 1.165) is 12.8 Å². The number of carboxylic acid groups (broad SMARTS) is 1. The number of benzene rings is 1. The molecule has 1 rings (SSSR count). The van der Waals surface area contributed by atoms with Crippen molar-refractivity contribution < 1.29 is 18.3 Å². The fraction of sp³-hybridized carbons (Fsp3) is 0.500. The Labute approximate surface area is 125 Å². The van der Waals surface area contributed by atoms with E-state index < -0.39 is 16.0 Å². The highest BCUT2D eigenvalue weighted by atomic mass is 32.2. The Kier molecular flexibility index (Phi) is 6.64. The first-order chi connectivity index (χ1) is 9.92. The van der Waals surface area contributed by atoms with Crippen molar-refractivity contribution in [3.63, 3.8) is 0 Å². The molecule has 118 valence electrons. The highest BCUT2D eigenvalue weighted by molar-refractivity contribution is 7.89. The average Bonchev–Trinajstić information content (AvgIpc) is 2.45. The standard InChI is InChI=1S/C14H22N2O4S/c1-3-5-9-15-12-7-6-11(14(17)18)10-13(12)21(19,20)16-8-4-2/h6-7,10,15-16H,3-5,8-9H2,1-2H3,(H,17,18). The number of anilines is 1. The second-order valence-corrected chi connectivity index (χ2v) is 6.43. The van der Waals surface area contributed by atoms with E-state index >= 15 is 0 Å². The molecule has 0 aromatic heterocycles. The van der Waals surface area contributed by atoms with Crippen LogP contribution in [0.1, 0.15) is 43.5 Å². The van der Waals surface area contributed by atoms with Gasteiger partial charge in [0, 0.05) is 13.1 Å². The van der Waals surface area contributed by atoms with Crippen LogP contribution in [0.15, 0.2) is 23.1 Å². The van der Waals surface area contributed by atoms with Gasteiger partial charge in [0.25, 0.3) is 0 Å². The molecule has 6 nitrogen and oxygen atoms in total. The maximum absolute atomic E-state index is 12.3. The van der Waals surface area contributed by atoms with Gasteiger partial charge in [0.2, 0.25) is 10.0 Å². The molecule has 0 aliphatic rings. The van der Waals surface area contributed by atoms with Crippen molar-refractivity contribution in [1.82, 2.24) is 4.72 Å². The van der Waals surface area contributed by atoms with Crippen molar-refractivity contribution in [2.75, 3.05) is 18.4 Å². The third-order valence-corrected chi connectivity index (χ3v) is 4.41. The van der Waals surface area contributed by atoms with Crippen molar-refractivity contribution >= 4 is 21.7 Å². The number of nitrogens with one attached hydrogen (secondary N) is 2. The molecule has 0 fully saturated rings. The van der Waals surface area contributed by atoms with Crippen LogP contribution in [0.25, 0.3) is 0 Å². The molecule has 1 aromatic carbocycles. The summed E-state index contributed by atoms with van der Waals surface area (Å²) in [6, 6.07) is 4.09. The lowest BCUT2D eigenvalue weighted by molar-refractivity contribution is 0.0696. The van der Waals surface area contributed by atoms with E-state index in [2.05, 4.69) is 10.0 Å². The summed E-state index contributed by atoms with van der Waals surface area (Å²) in [5, 5.41) is 12.1. The van der Waals surface area contributed by atoms with Gasteiger partial charge < -0.3 is 10.4 Å². The van der Waals surface area contributed by atoms with Gasteiger partial charge in [0.05, 0.1) is 11.3 Å². The van der Waals surface area contributed by atoms with Crippen LogP contribution in [-0.2, 0) is 10.0 Å². The van der Waals surface area contributed by atoms with Crippen LogP contribution in [0.5, 0.6) is 0 Å². The van der Waals surface area contributed by atoms with Gasteiger partial charge in [-0.15, -0.1) is 0 Å². The molecule has 7 heteroatoms. The average molecular weight is 314 g/mol. The smallest absolute Gasteiger partial charge is 0.335 e. The lowest BCUT2D eigenvalue weighted by atomic mass is 10.2. The fourth-order valence-electron chi connectivity index (χ4n) is 1.74. The topological polar surface area (TPSA) is 95.5 Å². The van der Waals surface area contributed by atoms with Gasteiger partial charge in [-0.25, -0.2) is 17.9 Å². The zero-order valence-corrected chi connectivity index (χ0v) is 13.2. The summed E-state index contributed by atoms with van der Waals surface area (Å²) in [5.74, 6) is -1.15. The van der Waals surface area contributed by atoms with Gasteiger partial charge in [0.15, 0.2) is 0 Å². The third-order valence-electron chi connectivity index (χ3n) is 2.91. The van der Waals surface area contributed by atoms with Crippen LogP contribution in [0.2, 0.25) is 0 Å². The van der Waals surface area contributed by atoms with Gasteiger partial charge in [0.1, 0.15) is 4.90 Å². The summed E-state index contributed by atoms with van der Waals surface area (Å²) < 4.78 is 27.0. The van der Waals surface area contributed by atoms with Gasteiger partial charge >= 0.3 is 5.97 Å². The van der Waals surface area contributed by atoms with Crippen LogP contribution in [0.4, 0.5) is 5.69 Å². The zero-order chi connectivity index (χ0) is 15.9. The molecule has 0 aliphatic heterocycles. The van der Waals surface area contributed by atoms with E-state index in [9.17, 15) is 13.2 Å². The van der Waals surface area contributed by atoms with Crippen LogP contribution in [0.3, 0.4) is 0 Å². The molecular formula is C14H22N2O4S. The van der Waals surface area contributed by atoms with Crippen LogP contribution < -0.4 is 10.0 Å². The molecule has 0 amide bonds. The van der Waals surface area contributed by atoms with E-state index in [1.165, 1.54) is 18.2 Å². The first-order valence-corrected chi connectivity index (χ1v) is 8.51. The molecule has 0 heterocycles. The van der Waals surface area contributed by atoms with Gasteiger partial charge in [-0.2, -0.15) is 0 Å². The van der Waals surface area contributed by atoms with Crippen molar-refractivity contribution in [3.8, 4) is 0 Å². The minimum Gasteiger partial charge on any atom is -0.478 e. The van der Waals surface area contributed by atoms with E-state index in [-0.39, 0.29) is 10.5 Å². The van der Waals surface area contributed by atoms with Crippen LogP contribution >= 0.6 is 0 Å². The van der Waals surface area contributed by atoms with Crippen molar-refractivity contribution in [3.05, 3.63) is 23.8 Å². The number of rotatable bonds is 9. The first-order valence-electron chi connectivity index (χ1n) is 7.03. The number of hydrogen-bond donors (Lipinski definition) is 3. The molecule has 0 aliphatic carbocycles. The largest absolute Gasteiger partial charge is 0.478 e. The molecule has 21 heavy (non-hydrogen) atoms. The van der Waals surface area contributed by atoms with Gasteiger partial charge in [-0.1, -0.05) is 20.3 Å². The second kappa shape index (κ2) is 7.99. The summed E-state index contributed by atoms with van der Waals surface area (Å²) >= 11 is 0. The zero-order valence-electron chi connectivity index (χ0n) is 12.3. The monoisotopic (exact) mass is 314 g/mol. The molecule has 0 saturated carbocycles. The molecule has 1 aromatic rings. The Bertz CT molecular complexity index is 585. The lowest BCUT2D eigenvalue weighted by Crippen LogP contribution is -2.25. The third kappa shape index (κ3) is 5.02. The number of unbranched alkanes of at least 4 members (excludes halogenated alkanes) is 1. The number of aromatic carboxylic acids is 1. The number of hydrogen-bond acceptors (Lipinski definition) is 4. The fourth-order valence-corrected chi connectivity index (χ4v) is 3.08. The molecule has 0 spiro atoms. The maximum Gasteiger partial charge on any atom is 0.335 e. The normalized spacial score (nSPS) is 11.3. The number of carboxylic acids is 1. The minimum atomic E-state index is -3.72. The van der Waals surface area contributed by atoms with E-state index in [0.29, 0.717) is 25.2 Å². The van der Waals surface area contributed by atoms with Crippen molar-refractivity contribution in [2.45, 2.75) is 38.0 Å². The molecule has 0 atom stereocenters. The summed E-state index contributed by atoms with van der Waals surface area (Å²) in [7, 11) is -3.72. The summed E-state index contributed by atoms with van der Waals surface area (Å²) in [5.41, 5.74) is 0.380. The number of carbonyl (C=O) groups is 1. The summed E-state index contributed by atoms with van der Waals surface area (Å²) in [6.07, 6.45) is 2.55. The quantitative estimate of drug-likeness (QED) is 0.608. The predicted octanol–water partition coefficient (Wildman–Crippen LogP) is 2.29. The van der Waals surface area contributed by atoms with Crippen molar-refractivity contribution in [1.29, 1.82) is 0 Å². The molecule has 0 unspecified atom stereocenters. The van der Waals surface area contributed by atoms with Crippen LogP contribution in [0, 0.1) is 0 Å². The predicted molar refractivity (Wildman–Crippen MR) is 82.3 cm³/mol. The maximum atomic E-state index is 12.3. The minimum absolute atomic E-state index is 0.0213. The lowest BCUT2D eigenvalue weighted by Gasteiger charge is -2.13. The molecule has 3 N–H and O–H groups in total. The van der Waals surface area contributed by atoms with Crippen molar-refractivity contribution in [2.24, 2.45) is 0 Å². The van der Waals surface area contributed by atoms with Gasteiger partial charge in [-0.05, 0) is 31.0 Å². The molecular weight excluding hydrogens is 292 g/mol. The van der Waals surface area contributed by atoms with Crippen LogP contribution in [-0.4, -0.2) is 32.6 Å². The Morgan fingerprint density at radius 3 is 2.48 bits per heavy atom. The van der Waals surface area contributed by atoms with Gasteiger partial charge in [-0.3, -0.25) is 0 Å². The highest BCUT2D eigenvalue weighted by Gasteiger charge is 2.20. The Morgan fingerprint density at radius 2 is 1.90 bits per heavy atom. The summed E-state index contributed by atoms with van der Waals surface area (Å²) in [4.78, 5) is 11.0.